The maximum Gasteiger partial charge on any atom is 0.261 e. The summed E-state index contributed by atoms with van der Waals surface area (Å²) in [4.78, 5) is 23.4. The van der Waals surface area contributed by atoms with Crippen molar-refractivity contribution in [3.63, 3.8) is 0 Å². The van der Waals surface area contributed by atoms with Gasteiger partial charge in [-0.25, -0.2) is 0 Å². The number of aliphatic hydroxyl groups excluding tert-OH is 1. The van der Waals surface area contributed by atoms with Crippen LogP contribution < -0.4 is 10.6 Å². The fourth-order valence-electron chi connectivity index (χ4n) is 1.18. The van der Waals surface area contributed by atoms with Gasteiger partial charge < -0.3 is 15.7 Å². The lowest BCUT2D eigenvalue weighted by atomic mass is 10.3. The van der Waals surface area contributed by atoms with Crippen molar-refractivity contribution >= 4 is 23.2 Å². The minimum absolute atomic E-state index is 0.0649. The quantitative estimate of drug-likeness (QED) is 0.617. The molecule has 0 atom stereocenters. The fourth-order valence-corrected chi connectivity index (χ4v) is 1.82. The monoisotopic (exact) mass is 256 g/mol. The predicted octanol–water partition coefficient (Wildman–Crippen LogP) is 0.367. The summed E-state index contributed by atoms with van der Waals surface area (Å²) in [7, 11) is 0. The minimum Gasteiger partial charge on any atom is -0.396 e. The van der Waals surface area contributed by atoms with Crippen molar-refractivity contribution in [3.8, 4) is 0 Å². The summed E-state index contributed by atoms with van der Waals surface area (Å²) < 4.78 is 0. The second-order valence-electron chi connectivity index (χ2n) is 3.41. The Morgan fingerprint density at radius 3 is 2.76 bits per heavy atom. The van der Waals surface area contributed by atoms with Crippen LogP contribution in [0.5, 0.6) is 0 Å². The molecule has 1 aromatic rings. The Balaban J connectivity index is 2.11. The van der Waals surface area contributed by atoms with E-state index in [2.05, 4.69) is 10.6 Å². The predicted molar refractivity (Wildman–Crippen MR) is 66.0 cm³/mol. The molecule has 5 nitrogen and oxygen atoms in total. The molecule has 0 bridgehead atoms. The lowest BCUT2D eigenvalue weighted by Crippen LogP contribution is -2.31. The van der Waals surface area contributed by atoms with Crippen LogP contribution in [-0.4, -0.2) is 36.6 Å². The van der Waals surface area contributed by atoms with Gasteiger partial charge in [-0.05, 0) is 17.9 Å². The first-order chi connectivity index (χ1) is 8.24. The number of carbonyl (C=O) groups excluding carboxylic acids is 2. The number of amides is 2. The van der Waals surface area contributed by atoms with Crippen molar-refractivity contribution in [2.45, 2.75) is 12.8 Å². The highest BCUT2D eigenvalue weighted by Crippen LogP contribution is 2.07. The third-order valence-electron chi connectivity index (χ3n) is 2.04. The van der Waals surface area contributed by atoms with Crippen LogP contribution in [0.25, 0.3) is 0 Å². The molecule has 1 heterocycles. The molecular formula is C11H16N2O3S. The first kappa shape index (κ1) is 13.7. The summed E-state index contributed by atoms with van der Waals surface area (Å²) in [6.45, 7) is 0.852. The number of carbonyl (C=O) groups is 2. The van der Waals surface area contributed by atoms with Crippen LogP contribution in [0.1, 0.15) is 22.5 Å². The zero-order valence-electron chi connectivity index (χ0n) is 9.44. The smallest absolute Gasteiger partial charge is 0.261 e. The van der Waals surface area contributed by atoms with Gasteiger partial charge in [-0.2, -0.15) is 0 Å². The molecule has 0 radical (unpaired) electrons. The van der Waals surface area contributed by atoms with E-state index in [4.69, 9.17) is 5.11 Å². The van der Waals surface area contributed by atoms with Gasteiger partial charge in [0.1, 0.15) is 0 Å². The second-order valence-corrected chi connectivity index (χ2v) is 4.36. The molecule has 6 heteroatoms. The van der Waals surface area contributed by atoms with Crippen molar-refractivity contribution in [1.82, 2.24) is 10.6 Å². The van der Waals surface area contributed by atoms with E-state index in [1.165, 1.54) is 11.3 Å². The molecule has 2 amide bonds. The van der Waals surface area contributed by atoms with Gasteiger partial charge in [0.15, 0.2) is 0 Å². The van der Waals surface area contributed by atoms with Crippen LogP contribution in [0.4, 0.5) is 0 Å². The number of nitrogens with one attached hydrogen (secondary N) is 2. The first-order valence-electron chi connectivity index (χ1n) is 5.43. The van der Waals surface area contributed by atoms with Gasteiger partial charge >= 0.3 is 0 Å². The summed E-state index contributed by atoms with van der Waals surface area (Å²) in [5, 5.41) is 15.7. The third-order valence-corrected chi connectivity index (χ3v) is 2.91. The largest absolute Gasteiger partial charge is 0.396 e. The third kappa shape index (κ3) is 5.46. The van der Waals surface area contributed by atoms with Crippen LogP contribution in [0.2, 0.25) is 0 Å². The minimum atomic E-state index is -0.150. The molecular weight excluding hydrogens is 240 g/mol. The molecule has 0 aliphatic heterocycles. The van der Waals surface area contributed by atoms with Crippen LogP contribution >= 0.6 is 11.3 Å². The van der Waals surface area contributed by atoms with Gasteiger partial charge in [-0.3, -0.25) is 9.59 Å². The molecule has 0 saturated carbocycles. The van der Waals surface area contributed by atoms with Gasteiger partial charge in [-0.1, -0.05) is 6.07 Å². The molecule has 0 spiro atoms. The van der Waals surface area contributed by atoms with Crippen LogP contribution in [-0.2, 0) is 4.79 Å². The molecule has 0 aliphatic rings. The molecule has 94 valence electrons. The Kier molecular flexibility index (Phi) is 6.27. The van der Waals surface area contributed by atoms with Crippen molar-refractivity contribution in [2.24, 2.45) is 0 Å². The number of hydrogen-bond donors (Lipinski definition) is 3. The highest BCUT2D eigenvalue weighted by Gasteiger charge is 2.06. The highest BCUT2D eigenvalue weighted by molar-refractivity contribution is 7.12. The van der Waals surface area contributed by atoms with E-state index >= 15 is 0 Å². The van der Waals surface area contributed by atoms with Gasteiger partial charge in [0.25, 0.3) is 5.91 Å². The van der Waals surface area contributed by atoms with Crippen LogP contribution in [0.3, 0.4) is 0 Å². The van der Waals surface area contributed by atoms with Gasteiger partial charge in [0.2, 0.25) is 5.91 Å². The Labute approximate surface area is 104 Å². The van der Waals surface area contributed by atoms with Crippen LogP contribution in [0.15, 0.2) is 17.5 Å². The summed E-state index contributed by atoms with van der Waals surface area (Å²) in [5.41, 5.74) is 0. The molecule has 0 aromatic carbocycles. The zero-order chi connectivity index (χ0) is 12.5. The van der Waals surface area contributed by atoms with E-state index in [1.54, 1.807) is 12.1 Å². The maximum absolute atomic E-state index is 11.5. The topological polar surface area (TPSA) is 78.4 Å². The lowest BCUT2D eigenvalue weighted by molar-refractivity contribution is -0.120. The van der Waals surface area contributed by atoms with Crippen LogP contribution in [0, 0.1) is 0 Å². The highest BCUT2D eigenvalue weighted by atomic mass is 32.1. The Morgan fingerprint density at radius 2 is 2.12 bits per heavy atom. The molecule has 0 saturated heterocycles. The molecule has 0 fully saturated rings. The number of thiophene rings is 1. The fraction of sp³-hybridized carbons (Fsp3) is 0.455. The average molecular weight is 256 g/mol. The second kappa shape index (κ2) is 7.81. The summed E-state index contributed by atoms with van der Waals surface area (Å²) >= 11 is 1.37. The van der Waals surface area contributed by atoms with E-state index in [0.29, 0.717) is 24.4 Å². The Hall–Kier alpha value is -1.40. The maximum atomic E-state index is 11.5. The van der Waals surface area contributed by atoms with Crippen molar-refractivity contribution < 1.29 is 14.7 Å². The van der Waals surface area contributed by atoms with Gasteiger partial charge in [0, 0.05) is 26.1 Å². The number of aliphatic hydroxyl groups is 1. The average Bonchev–Trinajstić information content (AvgIpc) is 2.82. The summed E-state index contributed by atoms with van der Waals surface area (Å²) in [6, 6.07) is 3.54. The normalized spacial score (nSPS) is 9.94. The van der Waals surface area contributed by atoms with Crippen molar-refractivity contribution in [1.29, 1.82) is 0 Å². The SMILES string of the molecule is O=C(CCNC(=O)c1cccs1)NCCCO. The van der Waals surface area contributed by atoms with Gasteiger partial charge in [-0.15, -0.1) is 11.3 Å². The molecule has 0 unspecified atom stereocenters. The molecule has 17 heavy (non-hydrogen) atoms. The van der Waals surface area contributed by atoms with E-state index in [0.717, 1.165) is 0 Å². The van der Waals surface area contributed by atoms with Crippen molar-refractivity contribution in [2.75, 3.05) is 19.7 Å². The summed E-state index contributed by atoms with van der Waals surface area (Å²) in [6.07, 6.45) is 0.801. The van der Waals surface area contributed by atoms with Gasteiger partial charge in [0.05, 0.1) is 4.88 Å². The number of hydrogen-bond acceptors (Lipinski definition) is 4. The molecule has 1 rings (SSSR count). The van der Waals surface area contributed by atoms with E-state index in [-0.39, 0.29) is 24.8 Å². The van der Waals surface area contributed by atoms with Crippen molar-refractivity contribution in [3.05, 3.63) is 22.4 Å². The standard InChI is InChI=1S/C11H16N2O3S/c14-7-2-5-12-10(15)4-6-13-11(16)9-3-1-8-17-9/h1,3,8,14H,2,4-7H2,(H,12,15)(H,13,16). The molecule has 0 aliphatic carbocycles. The zero-order valence-corrected chi connectivity index (χ0v) is 10.3. The summed E-state index contributed by atoms with van der Waals surface area (Å²) in [5.74, 6) is -0.270. The van der Waals surface area contributed by atoms with E-state index in [9.17, 15) is 9.59 Å². The molecule has 3 N–H and O–H groups in total. The molecule has 1 aromatic heterocycles. The van der Waals surface area contributed by atoms with E-state index < -0.39 is 0 Å². The Bertz CT molecular complexity index is 352. The lowest BCUT2D eigenvalue weighted by Gasteiger charge is -2.05. The number of rotatable bonds is 7. The Morgan fingerprint density at radius 1 is 1.29 bits per heavy atom. The van der Waals surface area contributed by atoms with E-state index in [1.807, 2.05) is 5.38 Å². The first-order valence-corrected chi connectivity index (χ1v) is 6.31.